The molecule has 1 fully saturated rings. The normalized spacial score (nSPS) is 15.7. The molecule has 4 rings (SSSR count). The van der Waals surface area contributed by atoms with Gasteiger partial charge in [-0.15, -0.1) is 0 Å². The van der Waals surface area contributed by atoms with Crippen LogP contribution in [0.1, 0.15) is 6.42 Å². The largest absolute Gasteiger partial charge is 0.349 e. The summed E-state index contributed by atoms with van der Waals surface area (Å²) in [6.07, 6.45) is 1.69. The Labute approximate surface area is 156 Å². The maximum atomic E-state index is 6.00. The van der Waals surface area contributed by atoms with Gasteiger partial charge in [0.2, 0.25) is 0 Å². The number of ether oxygens (including phenoxy) is 2. The van der Waals surface area contributed by atoms with Crippen LogP contribution in [0.2, 0.25) is 0 Å². The van der Waals surface area contributed by atoms with Crippen molar-refractivity contribution in [1.29, 1.82) is 0 Å². The summed E-state index contributed by atoms with van der Waals surface area (Å²) < 4.78 is 12.0. The predicted octanol–water partition coefficient (Wildman–Crippen LogP) is 3.74. The second kappa shape index (κ2) is 8.14. The minimum absolute atomic E-state index is 0.155. The van der Waals surface area contributed by atoms with Crippen molar-refractivity contribution in [1.82, 2.24) is 0 Å². The van der Waals surface area contributed by atoms with Gasteiger partial charge < -0.3 is 9.47 Å². The molecule has 0 amide bonds. The second-order valence-electron chi connectivity index (χ2n) is 6.52. The van der Waals surface area contributed by atoms with Gasteiger partial charge in [0.05, 0.1) is 13.2 Å². The Kier molecular flexibility index (Phi) is 5.45. The lowest BCUT2D eigenvalue weighted by Crippen LogP contribution is -2.40. The Morgan fingerprint density at radius 2 is 1.00 bits per heavy atom. The molecule has 26 heavy (non-hydrogen) atoms. The molecule has 0 atom stereocenters. The quantitative estimate of drug-likeness (QED) is 0.643. The minimum atomic E-state index is -1.87. The van der Waals surface area contributed by atoms with Crippen LogP contribution in [-0.2, 0) is 9.47 Å². The Bertz CT molecular complexity index is 703. The summed E-state index contributed by atoms with van der Waals surface area (Å²) >= 11 is 0. The van der Waals surface area contributed by atoms with E-state index in [9.17, 15) is 0 Å². The summed E-state index contributed by atoms with van der Waals surface area (Å²) in [5.74, 6) is 0. The van der Waals surface area contributed by atoms with Gasteiger partial charge in [0.1, 0.15) is 29.3 Å². The molecule has 0 saturated carbocycles. The van der Waals surface area contributed by atoms with Crippen molar-refractivity contribution in [2.75, 3.05) is 19.4 Å². The van der Waals surface area contributed by atoms with Crippen molar-refractivity contribution in [2.45, 2.75) is 12.7 Å². The Morgan fingerprint density at radius 1 is 0.615 bits per heavy atom. The molecule has 3 aromatic carbocycles. The number of hydrogen-bond acceptors (Lipinski definition) is 2. The summed E-state index contributed by atoms with van der Waals surface area (Å²) in [5, 5.41) is 4.11. The van der Waals surface area contributed by atoms with Gasteiger partial charge in [0.15, 0.2) is 6.29 Å². The summed E-state index contributed by atoms with van der Waals surface area (Å²) in [7, 11) is -1.87. The maximum Gasteiger partial charge on any atom is 0.192 e. The van der Waals surface area contributed by atoms with Crippen molar-refractivity contribution in [3.8, 4) is 0 Å². The van der Waals surface area contributed by atoms with Crippen LogP contribution in [0.3, 0.4) is 0 Å². The maximum absolute atomic E-state index is 6.00. The van der Waals surface area contributed by atoms with Gasteiger partial charge in [-0.2, -0.15) is 0 Å². The number of benzene rings is 3. The third-order valence-corrected chi connectivity index (χ3v) is 9.29. The molecule has 132 valence electrons. The van der Waals surface area contributed by atoms with Gasteiger partial charge in [-0.3, -0.25) is 0 Å². The molecule has 0 spiro atoms. The van der Waals surface area contributed by atoms with E-state index in [1.165, 1.54) is 15.9 Å². The van der Waals surface area contributed by atoms with Crippen LogP contribution in [0, 0.1) is 0 Å². The first kappa shape index (κ1) is 17.4. The monoisotopic (exact) mass is 363 g/mol. The molecular weight excluding hydrogens is 339 g/mol. The molecule has 3 heteroatoms. The highest BCUT2D eigenvalue weighted by Crippen LogP contribution is 2.56. The van der Waals surface area contributed by atoms with Crippen molar-refractivity contribution in [3.63, 3.8) is 0 Å². The van der Waals surface area contributed by atoms with E-state index in [0.717, 1.165) is 25.8 Å². The van der Waals surface area contributed by atoms with Crippen LogP contribution in [0.15, 0.2) is 91.0 Å². The van der Waals surface area contributed by atoms with E-state index in [1.54, 1.807) is 0 Å². The standard InChI is InChI=1S/C23H24O2P/c1-4-11-20(12-5-1)26(21-13-6-2-7-14-21,22-15-8-3-9-16-22)19-23-24-17-10-18-25-23/h1-9,11-16,23H,10,17-19H2/q+1. The van der Waals surface area contributed by atoms with Gasteiger partial charge in [0, 0.05) is 0 Å². The first-order valence-corrected chi connectivity index (χ1v) is 11.2. The first-order valence-electron chi connectivity index (χ1n) is 9.18. The van der Waals surface area contributed by atoms with E-state index in [4.69, 9.17) is 9.47 Å². The zero-order valence-corrected chi connectivity index (χ0v) is 15.7. The van der Waals surface area contributed by atoms with Gasteiger partial charge in [0.25, 0.3) is 0 Å². The smallest absolute Gasteiger partial charge is 0.192 e. The number of rotatable bonds is 5. The zero-order chi connectivity index (χ0) is 17.7. The highest BCUT2D eigenvalue weighted by Gasteiger charge is 2.48. The van der Waals surface area contributed by atoms with E-state index in [0.29, 0.717) is 0 Å². The van der Waals surface area contributed by atoms with Crippen LogP contribution < -0.4 is 15.9 Å². The van der Waals surface area contributed by atoms with E-state index >= 15 is 0 Å². The van der Waals surface area contributed by atoms with Crippen molar-refractivity contribution in [3.05, 3.63) is 91.0 Å². The third kappa shape index (κ3) is 3.46. The lowest BCUT2D eigenvalue weighted by molar-refractivity contribution is -0.164. The Morgan fingerprint density at radius 3 is 1.38 bits per heavy atom. The molecule has 0 N–H and O–H groups in total. The number of hydrogen-bond donors (Lipinski definition) is 0. The first-order chi connectivity index (χ1) is 12.9. The lowest BCUT2D eigenvalue weighted by atomic mass is 10.4. The molecular formula is C23H24O2P+. The molecule has 1 aliphatic rings. The molecule has 2 nitrogen and oxygen atoms in total. The molecule has 0 radical (unpaired) electrons. The van der Waals surface area contributed by atoms with Crippen LogP contribution in [-0.4, -0.2) is 25.7 Å². The summed E-state index contributed by atoms with van der Waals surface area (Å²) in [5.41, 5.74) is 0. The van der Waals surface area contributed by atoms with Crippen LogP contribution >= 0.6 is 7.26 Å². The van der Waals surface area contributed by atoms with Gasteiger partial charge in [-0.25, -0.2) is 0 Å². The van der Waals surface area contributed by atoms with Crippen LogP contribution in [0.25, 0.3) is 0 Å². The fourth-order valence-electron chi connectivity index (χ4n) is 3.68. The third-order valence-electron chi connectivity index (χ3n) is 4.91. The molecule has 0 bridgehead atoms. The summed E-state index contributed by atoms with van der Waals surface area (Å²) in [6.45, 7) is 1.56. The van der Waals surface area contributed by atoms with Crippen LogP contribution in [0.5, 0.6) is 0 Å². The zero-order valence-electron chi connectivity index (χ0n) is 14.8. The highest BCUT2D eigenvalue weighted by molar-refractivity contribution is 7.95. The fourth-order valence-corrected chi connectivity index (χ4v) is 7.90. The van der Waals surface area contributed by atoms with E-state index in [-0.39, 0.29) is 6.29 Å². The second-order valence-corrected chi connectivity index (χ2v) is 10.1. The molecule has 1 saturated heterocycles. The predicted molar refractivity (Wildman–Crippen MR) is 110 cm³/mol. The molecule has 1 aliphatic heterocycles. The van der Waals surface area contributed by atoms with E-state index in [1.807, 2.05) is 0 Å². The SMILES string of the molecule is c1ccc([P+](CC2OCCCO2)(c2ccccc2)c2ccccc2)cc1. The fraction of sp³-hybridized carbons (Fsp3) is 0.217. The van der Waals surface area contributed by atoms with Gasteiger partial charge >= 0.3 is 0 Å². The average molecular weight is 363 g/mol. The average Bonchev–Trinajstić information content (AvgIpc) is 2.75. The topological polar surface area (TPSA) is 18.5 Å². The van der Waals surface area contributed by atoms with Crippen LogP contribution in [0.4, 0.5) is 0 Å². The molecule has 0 unspecified atom stereocenters. The van der Waals surface area contributed by atoms with Crippen molar-refractivity contribution in [2.24, 2.45) is 0 Å². The van der Waals surface area contributed by atoms with E-state index < -0.39 is 7.26 Å². The lowest BCUT2D eigenvalue weighted by Gasteiger charge is -2.32. The molecule has 0 aliphatic carbocycles. The summed E-state index contributed by atoms with van der Waals surface area (Å²) in [4.78, 5) is 0. The van der Waals surface area contributed by atoms with Crippen molar-refractivity contribution >= 4 is 23.2 Å². The highest BCUT2D eigenvalue weighted by atomic mass is 31.2. The van der Waals surface area contributed by atoms with Crippen molar-refractivity contribution < 1.29 is 9.47 Å². The molecule has 3 aromatic rings. The summed E-state index contributed by atoms with van der Waals surface area (Å²) in [6, 6.07) is 32.6. The Balaban J connectivity index is 1.90. The van der Waals surface area contributed by atoms with Gasteiger partial charge in [-0.1, -0.05) is 54.6 Å². The van der Waals surface area contributed by atoms with E-state index in [2.05, 4.69) is 91.0 Å². The molecule has 1 heterocycles. The van der Waals surface area contributed by atoms with Gasteiger partial charge in [-0.05, 0) is 42.8 Å². The minimum Gasteiger partial charge on any atom is -0.349 e. The molecule has 0 aromatic heterocycles. The Hall–Kier alpha value is -1.99.